The molecule has 0 bridgehead atoms. The third-order valence-corrected chi connectivity index (χ3v) is 2.79. The van der Waals surface area contributed by atoms with E-state index in [1.807, 2.05) is 5.38 Å². The Bertz CT molecular complexity index is 485. The van der Waals surface area contributed by atoms with Gasteiger partial charge in [-0.25, -0.2) is 4.98 Å². The standard InChI is InChI=1S/C10H9N3O2S/c14-13(15)9-4-2-1-3-8(9)12-7-10-11-5-6-16-10/h1-6,12H,7H2. The minimum Gasteiger partial charge on any atom is -0.373 e. The molecule has 0 aliphatic carbocycles. The minimum atomic E-state index is -0.399. The fourth-order valence-electron chi connectivity index (χ4n) is 1.29. The summed E-state index contributed by atoms with van der Waals surface area (Å²) in [6, 6.07) is 6.57. The summed E-state index contributed by atoms with van der Waals surface area (Å²) in [7, 11) is 0. The Kier molecular flexibility index (Phi) is 3.11. The van der Waals surface area contributed by atoms with E-state index >= 15 is 0 Å². The molecular formula is C10H9N3O2S. The lowest BCUT2D eigenvalue weighted by molar-refractivity contribution is -0.384. The quantitative estimate of drug-likeness (QED) is 0.653. The highest BCUT2D eigenvalue weighted by Gasteiger charge is 2.11. The lowest BCUT2D eigenvalue weighted by atomic mass is 10.2. The van der Waals surface area contributed by atoms with Crippen molar-refractivity contribution < 1.29 is 4.92 Å². The van der Waals surface area contributed by atoms with Crippen LogP contribution in [-0.2, 0) is 6.54 Å². The van der Waals surface area contributed by atoms with Gasteiger partial charge in [0.1, 0.15) is 10.7 Å². The van der Waals surface area contributed by atoms with E-state index in [2.05, 4.69) is 10.3 Å². The Morgan fingerprint density at radius 3 is 2.94 bits per heavy atom. The zero-order chi connectivity index (χ0) is 11.4. The molecule has 0 saturated heterocycles. The molecule has 0 aliphatic heterocycles. The first-order valence-corrected chi connectivity index (χ1v) is 5.51. The van der Waals surface area contributed by atoms with Gasteiger partial charge in [0.2, 0.25) is 0 Å². The van der Waals surface area contributed by atoms with Crippen LogP contribution in [0.1, 0.15) is 5.01 Å². The molecule has 2 rings (SSSR count). The van der Waals surface area contributed by atoms with Gasteiger partial charge < -0.3 is 5.32 Å². The molecule has 16 heavy (non-hydrogen) atoms. The number of para-hydroxylation sites is 2. The Balaban J connectivity index is 2.12. The summed E-state index contributed by atoms with van der Waals surface area (Å²) in [5, 5.41) is 16.5. The van der Waals surface area contributed by atoms with Crippen molar-refractivity contribution in [3.8, 4) is 0 Å². The molecule has 0 saturated carbocycles. The highest BCUT2D eigenvalue weighted by Crippen LogP contribution is 2.23. The highest BCUT2D eigenvalue weighted by molar-refractivity contribution is 7.09. The molecule has 1 aromatic carbocycles. The van der Waals surface area contributed by atoms with Crippen molar-refractivity contribution in [2.75, 3.05) is 5.32 Å². The molecule has 1 aromatic heterocycles. The number of nitrogens with one attached hydrogen (secondary N) is 1. The SMILES string of the molecule is O=[N+]([O-])c1ccccc1NCc1nccs1. The monoisotopic (exact) mass is 235 g/mol. The fraction of sp³-hybridized carbons (Fsp3) is 0.100. The predicted octanol–water partition coefficient (Wildman–Crippen LogP) is 2.66. The van der Waals surface area contributed by atoms with Gasteiger partial charge in [-0.15, -0.1) is 11.3 Å². The summed E-state index contributed by atoms with van der Waals surface area (Å²) >= 11 is 1.51. The smallest absolute Gasteiger partial charge is 0.292 e. The van der Waals surface area contributed by atoms with Gasteiger partial charge in [-0.1, -0.05) is 12.1 Å². The van der Waals surface area contributed by atoms with E-state index in [0.29, 0.717) is 12.2 Å². The molecule has 0 fully saturated rings. The number of thiazole rings is 1. The number of hydrogen-bond donors (Lipinski definition) is 1. The summed E-state index contributed by atoms with van der Waals surface area (Å²) in [6.07, 6.45) is 1.71. The van der Waals surface area contributed by atoms with Crippen LogP contribution in [0.4, 0.5) is 11.4 Å². The van der Waals surface area contributed by atoms with Gasteiger partial charge in [0.25, 0.3) is 5.69 Å². The summed E-state index contributed by atoms with van der Waals surface area (Å²) in [5.41, 5.74) is 0.599. The Morgan fingerprint density at radius 1 is 1.44 bits per heavy atom. The zero-order valence-electron chi connectivity index (χ0n) is 8.29. The number of nitro benzene ring substituents is 1. The molecule has 82 valence electrons. The van der Waals surface area contributed by atoms with Crippen molar-refractivity contribution in [2.45, 2.75) is 6.54 Å². The van der Waals surface area contributed by atoms with Crippen LogP contribution in [0.3, 0.4) is 0 Å². The summed E-state index contributed by atoms with van der Waals surface area (Å²) < 4.78 is 0. The topological polar surface area (TPSA) is 68.1 Å². The summed E-state index contributed by atoms with van der Waals surface area (Å²) in [4.78, 5) is 14.4. The van der Waals surface area contributed by atoms with Crippen LogP contribution < -0.4 is 5.32 Å². The first-order chi connectivity index (χ1) is 7.77. The molecule has 2 aromatic rings. The maximum Gasteiger partial charge on any atom is 0.292 e. The molecule has 0 aliphatic rings. The maximum absolute atomic E-state index is 10.7. The first kappa shape index (κ1) is 10.6. The van der Waals surface area contributed by atoms with Crippen LogP contribution in [-0.4, -0.2) is 9.91 Å². The van der Waals surface area contributed by atoms with Crippen molar-refractivity contribution in [1.82, 2.24) is 4.98 Å². The normalized spacial score (nSPS) is 10.0. The van der Waals surface area contributed by atoms with E-state index in [1.165, 1.54) is 17.4 Å². The second kappa shape index (κ2) is 4.71. The van der Waals surface area contributed by atoms with E-state index in [-0.39, 0.29) is 5.69 Å². The molecule has 5 nitrogen and oxygen atoms in total. The molecule has 0 amide bonds. The number of nitro groups is 1. The highest BCUT2D eigenvalue weighted by atomic mass is 32.1. The Morgan fingerprint density at radius 2 is 2.25 bits per heavy atom. The van der Waals surface area contributed by atoms with Crippen LogP contribution in [0.2, 0.25) is 0 Å². The molecule has 0 radical (unpaired) electrons. The number of aromatic nitrogens is 1. The number of hydrogen-bond acceptors (Lipinski definition) is 5. The maximum atomic E-state index is 10.7. The van der Waals surface area contributed by atoms with Crippen LogP contribution in [0, 0.1) is 10.1 Å². The third-order valence-electron chi connectivity index (χ3n) is 2.01. The van der Waals surface area contributed by atoms with Gasteiger partial charge in [-0.05, 0) is 6.07 Å². The molecule has 1 N–H and O–H groups in total. The van der Waals surface area contributed by atoms with E-state index in [0.717, 1.165) is 5.01 Å². The number of rotatable bonds is 4. The van der Waals surface area contributed by atoms with E-state index < -0.39 is 4.92 Å². The average molecular weight is 235 g/mol. The van der Waals surface area contributed by atoms with Crippen molar-refractivity contribution in [3.63, 3.8) is 0 Å². The van der Waals surface area contributed by atoms with Gasteiger partial charge in [0, 0.05) is 17.6 Å². The molecule has 1 heterocycles. The van der Waals surface area contributed by atoms with Gasteiger partial charge >= 0.3 is 0 Å². The minimum absolute atomic E-state index is 0.0825. The lowest BCUT2D eigenvalue weighted by Crippen LogP contribution is -2.01. The largest absolute Gasteiger partial charge is 0.373 e. The lowest BCUT2D eigenvalue weighted by Gasteiger charge is -2.04. The summed E-state index contributed by atoms with van der Waals surface area (Å²) in [5.74, 6) is 0. The molecule has 6 heteroatoms. The van der Waals surface area contributed by atoms with E-state index in [4.69, 9.17) is 0 Å². The van der Waals surface area contributed by atoms with E-state index in [9.17, 15) is 10.1 Å². The third kappa shape index (κ3) is 2.34. The van der Waals surface area contributed by atoms with Gasteiger partial charge in [-0.3, -0.25) is 10.1 Å². The van der Waals surface area contributed by atoms with Gasteiger partial charge in [0.05, 0.1) is 11.5 Å². The van der Waals surface area contributed by atoms with Crippen LogP contribution in [0.25, 0.3) is 0 Å². The molecule has 0 spiro atoms. The fourth-order valence-corrected chi connectivity index (χ4v) is 1.85. The van der Waals surface area contributed by atoms with Crippen LogP contribution >= 0.6 is 11.3 Å². The number of nitrogens with zero attached hydrogens (tertiary/aromatic N) is 2. The van der Waals surface area contributed by atoms with Crippen molar-refractivity contribution in [2.24, 2.45) is 0 Å². The van der Waals surface area contributed by atoms with Crippen molar-refractivity contribution >= 4 is 22.7 Å². The Labute approximate surface area is 95.9 Å². The molecule has 0 atom stereocenters. The number of anilines is 1. The predicted molar refractivity (Wildman–Crippen MR) is 62.5 cm³/mol. The van der Waals surface area contributed by atoms with E-state index in [1.54, 1.807) is 24.4 Å². The van der Waals surface area contributed by atoms with Crippen molar-refractivity contribution in [3.05, 3.63) is 51.0 Å². The second-order valence-corrected chi connectivity index (χ2v) is 4.03. The Hall–Kier alpha value is -1.95. The first-order valence-electron chi connectivity index (χ1n) is 4.63. The van der Waals surface area contributed by atoms with Gasteiger partial charge in [-0.2, -0.15) is 0 Å². The zero-order valence-corrected chi connectivity index (χ0v) is 9.11. The molecule has 0 unspecified atom stereocenters. The van der Waals surface area contributed by atoms with Crippen LogP contribution in [0.15, 0.2) is 35.8 Å². The second-order valence-electron chi connectivity index (χ2n) is 3.05. The molecular weight excluding hydrogens is 226 g/mol. The number of benzene rings is 1. The average Bonchev–Trinajstić information content (AvgIpc) is 2.79. The van der Waals surface area contributed by atoms with Gasteiger partial charge in [0.15, 0.2) is 0 Å². The van der Waals surface area contributed by atoms with Crippen molar-refractivity contribution in [1.29, 1.82) is 0 Å². The van der Waals surface area contributed by atoms with Crippen LogP contribution in [0.5, 0.6) is 0 Å². The summed E-state index contributed by atoms with van der Waals surface area (Å²) in [6.45, 7) is 0.502.